The molecule has 1 saturated heterocycles. The molecule has 0 saturated carbocycles. The molecular weight excluding hydrogens is 166 g/mol. The van der Waals surface area contributed by atoms with Crippen molar-refractivity contribution in [2.75, 3.05) is 6.61 Å². The highest BCUT2D eigenvalue weighted by Gasteiger charge is 2.41. The van der Waals surface area contributed by atoms with E-state index in [0.29, 0.717) is 0 Å². The molecule has 0 amide bonds. The van der Waals surface area contributed by atoms with Crippen molar-refractivity contribution in [2.45, 2.75) is 30.6 Å². The number of hydrogen-bond acceptors (Lipinski definition) is 6. The molecule has 6 heteroatoms. The van der Waals surface area contributed by atoms with Crippen molar-refractivity contribution in [1.82, 2.24) is 0 Å². The van der Waals surface area contributed by atoms with Gasteiger partial charge in [0.1, 0.15) is 18.3 Å². The Morgan fingerprint density at radius 3 is 2.25 bits per heavy atom. The Balaban J connectivity index is 2.63. The van der Waals surface area contributed by atoms with E-state index in [0.717, 1.165) is 0 Å². The number of aliphatic hydroxyl groups is 4. The molecule has 0 aromatic heterocycles. The van der Waals surface area contributed by atoms with Crippen molar-refractivity contribution in [2.24, 2.45) is 5.73 Å². The maximum absolute atomic E-state index is 9.20. The normalized spacial score (nSPS) is 49.2. The first-order valence-electron chi connectivity index (χ1n) is 3.64. The van der Waals surface area contributed by atoms with E-state index in [9.17, 15) is 10.2 Å². The smallest absolute Gasteiger partial charge is 0.173 e. The van der Waals surface area contributed by atoms with Gasteiger partial charge in [0.2, 0.25) is 0 Å². The number of rotatable bonds is 1. The minimum atomic E-state index is -1.35. The van der Waals surface area contributed by atoms with Gasteiger partial charge in [-0.3, -0.25) is 0 Å². The molecule has 0 aromatic carbocycles. The lowest BCUT2D eigenvalue weighted by atomic mass is 9.98. The summed E-state index contributed by atoms with van der Waals surface area (Å²) < 4.78 is 4.70. The molecule has 3 unspecified atom stereocenters. The summed E-state index contributed by atoms with van der Waals surface area (Å²) in [5.74, 6) is 0. The number of aliphatic hydroxyl groups excluding tert-OH is 4. The zero-order valence-corrected chi connectivity index (χ0v) is 6.37. The van der Waals surface area contributed by atoms with Crippen LogP contribution in [-0.2, 0) is 4.74 Å². The van der Waals surface area contributed by atoms with Gasteiger partial charge in [0, 0.05) is 0 Å². The fourth-order valence-corrected chi connectivity index (χ4v) is 1.12. The van der Waals surface area contributed by atoms with Crippen LogP contribution >= 0.6 is 0 Å². The number of ether oxygens (including phenoxy) is 1. The van der Waals surface area contributed by atoms with Crippen LogP contribution in [0.2, 0.25) is 0 Å². The maximum Gasteiger partial charge on any atom is 0.173 e. The van der Waals surface area contributed by atoms with Gasteiger partial charge in [-0.1, -0.05) is 0 Å². The third-order valence-corrected chi connectivity index (χ3v) is 1.95. The standard InChI is InChI=1S/C6H13NO5/c7-3-5(10)4(9)2(1-8)12-6(3)11/h2-6,8-11H,1,7H2/t2?,3?,4-,5?,6-/m0/s1. The highest BCUT2D eigenvalue weighted by Crippen LogP contribution is 2.17. The molecule has 5 atom stereocenters. The molecule has 1 aliphatic rings. The molecule has 0 aromatic rings. The molecule has 1 aliphatic heterocycles. The highest BCUT2D eigenvalue weighted by molar-refractivity contribution is 4.90. The van der Waals surface area contributed by atoms with Crippen LogP contribution in [0.3, 0.4) is 0 Å². The van der Waals surface area contributed by atoms with Gasteiger partial charge < -0.3 is 30.9 Å². The molecule has 1 heterocycles. The molecule has 0 radical (unpaired) electrons. The largest absolute Gasteiger partial charge is 0.394 e. The van der Waals surface area contributed by atoms with E-state index in [1.807, 2.05) is 0 Å². The van der Waals surface area contributed by atoms with Crippen molar-refractivity contribution in [3.63, 3.8) is 0 Å². The summed E-state index contributed by atoms with van der Waals surface area (Å²) >= 11 is 0. The van der Waals surface area contributed by atoms with Crippen LogP contribution in [0.15, 0.2) is 0 Å². The molecule has 0 spiro atoms. The molecule has 1 rings (SSSR count). The Labute approximate surface area is 69.2 Å². The average molecular weight is 179 g/mol. The Bertz CT molecular complexity index is 150. The second-order valence-electron chi connectivity index (χ2n) is 2.81. The SMILES string of the molecule is NC1C(O)[C@@H](O)C(CO)O[C@@H]1O. The van der Waals surface area contributed by atoms with Crippen LogP contribution in [-0.4, -0.2) is 57.7 Å². The molecule has 6 nitrogen and oxygen atoms in total. The van der Waals surface area contributed by atoms with Crippen molar-refractivity contribution in [3.05, 3.63) is 0 Å². The molecular formula is C6H13NO5. The summed E-state index contributed by atoms with van der Waals surface area (Å²) in [5.41, 5.74) is 5.26. The number of nitrogens with two attached hydrogens (primary N) is 1. The minimum absolute atomic E-state index is 0.470. The van der Waals surface area contributed by atoms with Crippen molar-refractivity contribution >= 4 is 0 Å². The van der Waals surface area contributed by atoms with Crippen LogP contribution < -0.4 is 5.73 Å². The summed E-state index contributed by atoms with van der Waals surface area (Å²) in [7, 11) is 0. The van der Waals surface area contributed by atoms with Crippen LogP contribution in [0.25, 0.3) is 0 Å². The average Bonchev–Trinajstić information content (AvgIpc) is 2.08. The fourth-order valence-electron chi connectivity index (χ4n) is 1.12. The maximum atomic E-state index is 9.20. The van der Waals surface area contributed by atoms with E-state index in [4.69, 9.17) is 20.7 Å². The van der Waals surface area contributed by atoms with E-state index >= 15 is 0 Å². The summed E-state index contributed by atoms with van der Waals surface area (Å²) in [4.78, 5) is 0. The van der Waals surface area contributed by atoms with E-state index in [2.05, 4.69) is 0 Å². The molecule has 1 fully saturated rings. The van der Waals surface area contributed by atoms with Crippen LogP contribution in [0.1, 0.15) is 0 Å². The van der Waals surface area contributed by atoms with Gasteiger partial charge >= 0.3 is 0 Å². The van der Waals surface area contributed by atoms with Gasteiger partial charge in [-0.25, -0.2) is 0 Å². The van der Waals surface area contributed by atoms with E-state index in [1.54, 1.807) is 0 Å². The van der Waals surface area contributed by atoms with E-state index in [1.165, 1.54) is 0 Å². The topological polar surface area (TPSA) is 116 Å². The van der Waals surface area contributed by atoms with Gasteiger partial charge in [-0.2, -0.15) is 0 Å². The van der Waals surface area contributed by atoms with Crippen molar-refractivity contribution in [1.29, 1.82) is 0 Å². The second kappa shape index (κ2) is 3.65. The first-order chi connectivity index (χ1) is 5.57. The van der Waals surface area contributed by atoms with Gasteiger partial charge in [0.05, 0.1) is 12.6 Å². The molecule has 0 bridgehead atoms. The predicted octanol–water partition coefficient (Wildman–Crippen LogP) is -3.26. The number of hydrogen-bond donors (Lipinski definition) is 5. The Kier molecular flexibility index (Phi) is 2.99. The fraction of sp³-hybridized carbons (Fsp3) is 1.00. The predicted molar refractivity (Wildman–Crippen MR) is 38.0 cm³/mol. The van der Waals surface area contributed by atoms with Crippen molar-refractivity contribution in [3.8, 4) is 0 Å². The van der Waals surface area contributed by atoms with Gasteiger partial charge in [-0.15, -0.1) is 0 Å². The first kappa shape index (κ1) is 9.85. The van der Waals surface area contributed by atoms with Crippen LogP contribution in [0.5, 0.6) is 0 Å². The lowest BCUT2D eigenvalue weighted by Gasteiger charge is -2.38. The lowest BCUT2D eigenvalue weighted by Crippen LogP contribution is -2.61. The monoisotopic (exact) mass is 179 g/mol. The Morgan fingerprint density at radius 2 is 1.75 bits per heavy atom. The minimum Gasteiger partial charge on any atom is -0.394 e. The molecule has 6 N–H and O–H groups in total. The lowest BCUT2D eigenvalue weighted by molar-refractivity contribution is -0.248. The summed E-state index contributed by atoms with van der Waals surface area (Å²) in [6, 6.07) is -1.04. The van der Waals surface area contributed by atoms with E-state index in [-0.39, 0.29) is 0 Å². The zero-order chi connectivity index (χ0) is 9.30. The third-order valence-electron chi connectivity index (χ3n) is 1.95. The van der Waals surface area contributed by atoms with Gasteiger partial charge in [-0.05, 0) is 0 Å². The molecule has 12 heavy (non-hydrogen) atoms. The van der Waals surface area contributed by atoms with E-state index < -0.39 is 37.3 Å². The van der Waals surface area contributed by atoms with Crippen LogP contribution in [0, 0.1) is 0 Å². The van der Waals surface area contributed by atoms with Crippen LogP contribution in [0.4, 0.5) is 0 Å². The van der Waals surface area contributed by atoms with Crippen molar-refractivity contribution < 1.29 is 25.2 Å². The molecule has 0 aliphatic carbocycles. The second-order valence-corrected chi connectivity index (χ2v) is 2.81. The Hall–Kier alpha value is -0.240. The quantitative estimate of drug-likeness (QED) is 0.288. The highest BCUT2D eigenvalue weighted by atomic mass is 16.6. The van der Waals surface area contributed by atoms with Gasteiger partial charge in [0.25, 0.3) is 0 Å². The first-order valence-corrected chi connectivity index (χ1v) is 3.64. The zero-order valence-electron chi connectivity index (χ0n) is 6.37. The summed E-state index contributed by atoms with van der Waals surface area (Å²) in [5, 5.41) is 36.1. The summed E-state index contributed by atoms with van der Waals surface area (Å²) in [6.07, 6.45) is -4.85. The Morgan fingerprint density at radius 1 is 1.17 bits per heavy atom. The third kappa shape index (κ3) is 1.58. The summed E-state index contributed by atoms with van der Waals surface area (Å²) in [6.45, 7) is -0.470. The molecule has 72 valence electrons. The van der Waals surface area contributed by atoms with Gasteiger partial charge in [0.15, 0.2) is 6.29 Å².